The predicted molar refractivity (Wildman–Crippen MR) is 289 cm³/mol. The lowest BCUT2D eigenvalue weighted by Gasteiger charge is -2.26. The first-order valence-corrected chi connectivity index (χ1v) is 26.5. The highest BCUT2D eigenvalue weighted by atomic mass is 16.6. The van der Waals surface area contributed by atoms with Crippen molar-refractivity contribution in [1.82, 2.24) is 0 Å². The van der Waals surface area contributed by atoms with Crippen molar-refractivity contribution in [1.29, 1.82) is 0 Å². The lowest BCUT2D eigenvalue weighted by molar-refractivity contribution is -0.151. The SMILES string of the molecule is C=CC(=O)OCCCCOc1ccc(C(=O)Oc2ccc(OC(=O)C3CCC(C(=O)Oc4ccc(OC(=O)c5ccc(OC(=O)CCC(=O)OCCOC(=O)C=C)cc5)c(C(=O)OCCOCC)c4)CC3)cc2C(=O)OCCOCC)cc1. The van der Waals surface area contributed by atoms with Crippen molar-refractivity contribution < 1.29 is 110 Å². The van der Waals surface area contributed by atoms with Gasteiger partial charge in [0.2, 0.25) is 0 Å². The maximum Gasteiger partial charge on any atom is 0.343 e. The van der Waals surface area contributed by atoms with Gasteiger partial charge in [0.15, 0.2) is 0 Å². The molecule has 0 N–H and O–H groups in total. The van der Waals surface area contributed by atoms with E-state index in [-0.39, 0.29) is 136 Å². The molecule has 0 atom stereocenters. The fraction of sp³-hybridized carbons (Fsp3) is 0.367. The second-order valence-electron chi connectivity index (χ2n) is 17.7. The molecule has 1 aliphatic rings. The van der Waals surface area contributed by atoms with E-state index >= 15 is 0 Å². The molecule has 442 valence electrons. The Morgan fingerprint density at radius 1 is 0.422 bits per heavy atom. The highest BCUT2D eigenvalue weighted by molar-refractivity contribution is 5.98. The Morgan fingerprint density at radius 2 is 0.831 bits per heavy atom. The molecule has 0 amide bonds. The Kier molecular flexibility index (Phi) is 27.1. The molecule has 0 radical (unpaired) electrons. The number of hydrogen-bond acceptors (Lipinski definition) is 23. The average Bonchev–Trinajstić information content (AvgIpc) is 3.69. The maximum atomic E-state index is 13.5. The van der Waals surface area contributed by atoms with E-state index in [4.69, 9.17) is 61.6 Å². The summed E-state index contributed by atoms with van der Waals surface area (Å²) in [5.74, 6) is -8.75. The minimum Gasteiger partial charge on any atom is -0.494 e. The van der Waals surface area contributed by atoms with Crippen LogP contribution in [0.3, 0.4) is 0 Å². The van der Waals surface area contributed by atoms with Crippen LogP contribution in [-0.2, 0) is 61.9 Å². The molecule has 0 saturated heterocycles. The zero-order valence-electron chi connectivity index (χ0n) is 45.9. The monoisotopic (exact) mass is 1150 g/mol. The van der Waals surface area contributed by atoms with Gasteiger partial charge in [0.05, 0.1) is 62.2 Å². The molecule has 0 heterocycles. The molecule has 1 fully saturated rings. The van der Waals surface area contributed by atoms with E-state index in [9.17, 15) is 47.9 Å². The van der Waals surface area contributed by atoms with Crippen LogP contribution in [-0.4, -0.2) is 126 Å². The minimum absolute atomic E-state index is 0.00550. The molecule has 4 aromatic rings. The summed E-state index contributed by atoms with van der Waals surface area (Å²) in [6.45, 7) is 11.0. The largest absolute Gasteiger partial charge is 0.494 e. The quantitative estimate of drug-likeness (QED) is 0.0145. The molecule has 83 heavy (non-hydrogen) atoms. The molecule has 0 spiro atoms. The van der Waals surface area contributed by atoms with Gasteiger partial charge in [0.25, 0.3) is 0 Å². The fourth-order valence-corrected chi connectivity index (χ4v) is 7.54. The topological polar surface area (TPSA) is 291 Å². The van der Waals surface area contributed by atoms with Crippen molar-refractivity contribution in [2.24, 2.45) is 11.8 Å². The van der Waals surface area contributed by atoms with E-state index in [1.165, 1.54) is 72.8 Å². The summed E-state index contributed by atoms with van der Waals surface area (Å²) in [5, 5.41) is 0. The summed E-state index contributed by atoms with van der Waals surface area (Å²) in [6.07, 6.45) is 3.48. The fourth-order valence-electron chi connectivity index (χ4n) is 7.54. The van der Waals surface area contributed by atoms with E-state index in [1.807, 2.05) is 0 Å². The summed E-state index contributed by atoms with van der Waals surface area (Å²) in [6, 6.07) is 19.0. The molecule has 23 nitrogen and oxygen atoms in total. The third-order valence-electron chi connectivity index (χ3n) is 11.8. The number of benzene rings is 4. The first-order valence-electron chi connectivity index (χ1n) is 26.5. The average molecular weight is 1150 g/mol. The van der Waals surface area contributed by atoms with Crippen molar-refractivity contribution in [2.75, 3.05) is 66.1 Å². The van der Waals surface area contributed by atoms with E-state index < -0.39 is 71.5 Å². The van der Waals surface area contributed by atoms with Crippen molar-refractivity contribution in [3.63, 3.8) is 0 Å². The summed E-state index contributed by atoms with van der Waals surface area (Å²) < 4.78 is 69.3. The van der Waals surface area contributed by atoms with Crippen molar-refractivity contribution in [2.45, 2.75) is 65.2 Å². The van der Waals surface area contributed by atoms with Gasteiger partial charge in [-0.2, -0.15) is 0 Å². The first-order chi connectivity index (χ1) is 40.1. The van der Waals surface area contributed by atoms with Gasteiger partial charge in [0.1, 0.15) is 72.1 Å². The summed E-state index contributed by atoms with van der Waals surface area (Å²) >= 11 is 0. The number of rotatable bonds is 33. The Morgan fingerprint density at radius 3 is 1.30 bits per heavy atom. The van der Waals surface area contributed by atoms with Crippen molar-refractivity contribution in [3.8, 4) is 34.5 Å². The van der Waals surface area contributed by atoms with Crippen molar-refractivity contribution >= 4 is 59.7 Å². The Hall–Kier alpha value is -9.22. The molecule has 23 heteroatoms. The number of carbonyl (C=O) groups is 10. The summed E-state index contributed by atoms with van der Waals surface area (Å²) in [5.41, 5.74) is -0.321. The molecule has 1 saturated carbocycles. The molecule has 0 unspecified atom stereocenters. The maximum absolute atomic E-state index is 13.5. The molecular formula is C60H64O23. The number of carbonyl (C=O) groups excluding carboxylic acids is 10. The van der Waals surface area contributed by atoms with Crippen LogP contribution < -0.4 is 28.4 Å². The molecular weight excluding hydrogens is 1090 g/mol. The van der Waals surface area contributed by atoms with Gasteiger partial charge < -0.3 is 61.6 Å². The smallest absolute Gasteiger partial charge is 0.343 e. The number of hydrogen-bond donors (Lipinski definition) is 0. The Balaban J connectivity index is 1.15. The Labute approximate surface area is 477 Å². The van der Waals surface area contributed by atoms with Crippen molar-refractivity contribution in [3.05, 3.63) is 132 Å². The van der Waals surface area contributed by atoms with Gasteiger partial charge in [-0.1, -0.05) is 13.2 Å². The predicted octanol–water partition coefficient (Wildman–Crippen LogP) is 7.68. The van der Waals surface area contributed by atoms with Crippen LogP contribution in [0.1, 0.15) is 107 Å². The molecule has 0 bridgehead atoms. The Bertz CT molecular complexity index is 2900. The van der Waals surface area contributed by atoms with Crippen LogP contribution in [0.5, 0.6) is 34.5 Å². The zero-order valence-corrected chi connectivity index (χ0v) is 45.9. The molecule has 0 aromatic heterocycles. The summed E-state index contributed by atoms with van der Waals surface area (Å²) in [4.78, 5) is 127. The lowest BCUT2D eigenvalue weighted by Crippen LogP contribution is -2.30. The van der Waals surface area contributed by atoms with E-state index in [1.54, 1.807) is 26.0 Å². The van der Waals surface area contributed by atoms with Crippen LogP contribution in [0.4, 0.5) is 0 Å². The molecule has 5 rings (SSSR count). The van der Waals surface area contributed by atoms with Gasteiger partial charge in [-0.05, 0) is 137 Å². The molecule has 1 aliphatic carbocycles. The highest BCUT2D eigenvalue weighted by Gasteiger charge is 2.33. The third kappa shape index (κ3) is 22.3. The van der Waals surface area contributed by atoms with Crippen LogP contribution in [0.15, 0.2) is 110 Å². The third-order valence-corrected chi connectivity index (χ3v) is 11.8. The summed E-state index contributed by atoms with van der Waals surface area (Å²) in [7, 11) is 0. The van der Waals surface area contributed by atoms with Crippen LogP contribution in [0.25, 0.3) is 0 Å². The normalized spacial score (nSPS) is 13.4. The first kappa shape index (κ1) is 64.6. The van der Waals surface area contributed by atoms with E-state index in [0.717, 1.165) is 12.2 Å². The van der Waals surface area contributed by atoms with Gasteiger partial charge in [-0.25, -0.2) is 28.8 Å². The standard InChI is InChI=1S/C60H64O23/c1-5-51(61)74-30-10-9-29-73-43-19-15-41(16-20-43)57(67)82-49-25-23-45(37-47(49)59(69)77-33-31-71-7-3)80-55(65)39-11-13-40(14-12-39)56(66)81-46-24-26-50(48(38-46)60(70)78-34-32-72-8-4)83-58(68)42-17-21-44(22-18-42)79-54(64)28-27-53(63)76-36-35-75-52(62)6-2/h5-6,15-26,37-40H,1-2,7-14,27-36H2,3-4H3. The minimum atomic E-state index is -0.919. The zero-order chi connectivity index (χ0) is 59.9. The van der Waals surface area contributed by atoms with Gasteiger partial charge in [0, 0.05) is 25.4 Å². The number of unbranched alkanes of at least 4 members (excludes halogenated alkanes) is 1. The highest BCUT2D eigenvalue weighted by Crippen LogP contribution is 2.34. The van der Waals surface area contributed by atoms with Crippen LogP contribution in [0.2, 0.25) is 0 Å². The van der Waals surface area contributed by atoms with E-state index in [0.29, 0.717) is 38.4 Å². The molecule has 4 aromatic carbocycles. The second-order valence-corrected chi connectivity index (χ2v) is 17.7. The van der Waals surface area contributed by atoms with E-state index in [2.05, 4.69) is 13.2 Å². The van der Waals surface area contributed by atoms with Crippen LogP contribution in [0, 0.1) is 11.8 Å². The van der Waals surface area contributed by atoms with Gasteiger partial charge in [-0.3, -0.25) is 19.2 Å². The molecule has 0 aliphatic heterocycles. The number of ether oxygens (including phenoxy) is 13. The van der Waals surface area contributed by atoms with Gasteiger partial charge >= 0.3 is 59.7 Å². The van der Waals surface area contributed by atoms with Gasteiger partial charge in [-0.15, -0.1) is 0 Å². The van der Waals surface area contributed by atoms with Crippen LogP contribution >= 0.6 is 0 Å². The lowest BCUT2D eigenvalue weighted by atomic mass is 9.82. The number of esters is 10. The second kappa shape index (κ2) is 34.8.